The fourth-order valence-electron chi connectivity index (χ4n) is 3.59. The van der Waals surface area contributed by atoms with Crippen LogP contribution in [0.2, 0.25) is 0 Å². The highest BCUT2D eigenvalue weighted by molar-refractivity contribution is 9.10. The number of H-pyrrole nitrogens is 1. The average Bonchev–Trinajstić information content (AvgIpc) is 3.33. The summed E-state index contributed by atoms with van der Waals surface area (Å²) in [6, 6.07) is 21.2. The Hall–Kier alpha value is -4.42. The van der Waals surface area contributed by atoms with Gasteiger partial charge in [-0.2, -0.15) is 5.26 Å². The highest BCUT2D eigenvalue weighted by atomic mass is 79.9. The van der Waals surface area contributed by atoms with Gasteiger partial charge in [0.05, 0.1) is 28.4 Å². The van der Waals surface area contributed by atoms with Crippen LogP contribution in [0.3, 0.4) is 0 Å². The molecule has 1 aliphatic heterocycles. The number of rotatable bonds is 3. The Morgan fingerprint density at radius 1 is 1.15 bits per heavy atom. The molecular formula is C24H14BrN5O3. The summed E-state index contributed by atoms with van der Waals surface area (Å²) >= 11 is 3.42. The third-order valence-electron chi connectivity index (χ3n) is 5.07. The Morgan fingerprint density at radius 2 is 1.94 bits per heavy atom. The molecule has 1 amide bonds. The molecule has 0 saturated heterocycles. The minimum atomic E-state index is -0.803. The van der Waals surface area contributed by atoms with Crippen molar-refractivity contribution in [2.75, 3.05) is 5.32 Å². The van der Waals surface area contributed by atoms with Crippen LogP contribution < -0.4 is 5.32 Å². The van der Waals surface area contributed by atoms with E-state index in [1.165, 1.54) is 0 Å². The molecule has 9 heteroatoms. The van der Waals surface area contributed by atoms with Gasteiger partial charge in [0, 0.05) is 21.1 Å². The molecular weight excluding hydrogens is 486 g/mol. The molecule has 0 fully saturated rings. The van der Waals surface area contributed by atoms with Crippen molar-refractivity contribution in [3.63, 3.8) is 0 Å². The molecule has 0 spiro atoms. The number of amides is 1. The lowest BCUT2D eigenvalue weighted by Crippen LogP contribution is -2.17. The van der Waals surface area contributed by atoms with Crippen LogP contribution in [0.15, 0.2) is 81.4 Å². The summed E-state index contributed by atoms with van der Waals surface area (Å²) in [6.45, 7) is 0. The SMILES string of the molecule is N#Cc1ccc(NC(=O)O/N=C2/C(c3c(O)[nH]c4cc(Br)ccc34)=Nc3ccccc32)cc1. The number of hydrogen-bond donors (Lipinski definition) is 3. The summed E-state index contributed by atoms with van der Waals surface area (Å²) in [5, 5.41) is 26.9. The second-order valence-electron chi connectivity index (χ2n) is 7.15. The van der Waals surface area contributed by atoms with Crippen molar-refractivity contribution in [2.45, 2.75) is 0 Å². The zero-order valence-electron chi connectivity index (χ0n) is 16.8. The highest BCUT2D eigenvalue weighted by Crippen LogP contribution is 2.36. The van der Waals surface area contributed by atoms with E-state index in [9.17, 15) is 9.90 Å². The van der Waals surface area contributed by atoms with Gasteiger partial charge in [-0.15, -0.1) is 0 Å². The Kier molecular flexibility index (Phi) is 5.12. The molecule has 0 radical (unpaired) electrons. The average molecular weight is 500 g/mol. The Balaban J connectivity index is 1.49. The lowest BCUT2D eigenvalue weighted by atomic mass is 10.0. The van der Waals surface area contributed by atoms with E-state index in [-0.39, 0.29) is 5.88 Å². The first kappa shape index (κ1) is 20.5. The summed E-state index contributed by atoms with van der Waals surface area (Å²) in [5.74, 6) is -0.0654. The third kappa shape index (κ3) is 3.84. The number of hydrogen-bond acceptors (Lipinski definition) is 6. The summed E-state index contributed by atoms with van der Waals surface area (Å²) in [6.07, 6.45) is -0.803. The normalized spacial score (nSPS) is 13.5. The molecule has 3 N–H and O–H groups in total. The molecule has 1 aromatic heterocycles. The minimum absolute atomic E-state index is 0.0654. The van der Waals surface area contributed by atoms with Crippen molar-refractivity contribution in [1.82, 2.24) is 4.98 Å². The van der Waals surface area contributed by atoms with Crippen molar-refractivity contribution in [2.24, 2.45) is 10.1 Å². The maximum absolute atomic E-state index is 12.3. The fraction of sp³-hybridized carbons (Fsp3) is 0. The van der Waals surface area contributed by atoms with Gasteiger partial charge in [0.2, 0.25) is 0 Å². The van der Waals surface area contributed by atoms with E-state index in [4.69, 9.17) is 10.1 Å². The molecule has 8 nitrogen and oxygen atoms in total. The smallest absolute Gasteiger partial charge is 0.437 e. The molecule has 5 rings (SSSR count). The number of carbonyl (C=O) groups excluding carboxylic acids is 1. The van der Waals surface area contributed by atoms with Crippen LogP contribution in [0.1, 0.15) is 16.7 Å². The molecule has 0 atom stereocenters. The summed E-state index contributed by atoms with van der Waals surface area (Å²) in [4.78, 5) is 25.1. The van der Waals surface area contributed by atoms with Crippen LogP contribution in [0.25, 0.3) is 10.9 Å². The first-order valence-electron chi connectivity index (χ1n) is 9.78. The van der Waals surface area contributed by atoms with E-state index in [2.05, 4.69) is 36.4 Å². The number of aromatic amines is 1. The van der Waals surface area contributed by atoms with Crippen LogP contribution in [0, 0.1) is 11.3 Å². The third-order valence-corrected chi connectivity index (χ3v) is 5.57. The van der Waals surface area contributed by atoms with E-state index in [0.29, 0.717) is 45.0 Å². The van der Waals surface area contributed by atoms with Gasteiger partial charge in [-0.25, -0.2) is 9.79 Å². The zero-order chi connectivity index (χ0) is 22.9. The van der Waals surface area contributed by atoms with E-state index in [0.717, 1.165) is 9.86 Å². The van der Waals surface area contributed by atoms with Crippen LogP contribution in [0.4, 0.5) is 16.2 Å². The van der Waals surface area contributed by atoms with Crippen LogP contribution in [-0.2, 0) is 4.84 Å². The zero-order valence-corrected chi connectivity index (χ0v) is 18.4. The van der Waals surface area contributed by atoms with Gasteiger partial charge in [0.25, 0.3) is 0 Å². The molecule has 3 aromatic carbocycles. The molecule has 1 aliphatic rings. The summed E-state index contributed by atoms with van der Waals surface area (Å²) in [7, 11) is 0. The molecule has 0 aliphatic carbocycles. The largest absolute Gasteiger partial charge is 0.494 e. The number of benzene rings is 3. The number of aromatic hydroxyl groups is 1. The second-order valence-corrected chi connectivity index (χ2v) is 8.06. The number of aromatic nitrogens is 1. The number of para-hydroxylation sites is 1. The van der Waals surface area contributed by atoms with Crippen LogP contribution in [-0.4, -0.2) is 27.6 Å². The summed E-state index contributed by atoms with van der Waals surface area (Å²) in [5.41, 5.74) is 4.13. The molecule has 0 bridgehead atoms. The lowest BCUT2D eigenvalue weighted by molar-refractivity contribution is 0.167. The number of oxime groups is 1. The van der Waals surface area contributed by atoms with Gasteiger partial charge in [-0.05, 0) is 42.5 Å². The Labute approximate surface area is 196 Å². The van der Waals surface area contributed by atoms with Gasteiger partial charge in [0.1, 0.15) is 11.4 Å². The van der Waals surface area contributed by atoms with Gasteiger partial charge in [0.15, 0.2) is 5.88 Å². The topological polar surface area (TPSA) is 123 Å². The predicted molar refractivity (Wildman–Crippen MR) is 128 cm³/mol. The standard InChI is InChI=1S/C24H14BrN5O3/c25-14-7-10-16-19(11-14)29-23(31)20(16)22-21(17-3-1-2-4-18(17)28-22)30-33-24(32)27-15-8-5-13(12-26)6-9-15/h1-11,29,31H,(H,27,32)/b30-21+. The second kappa shape index (κ2) is 8.26. The number of fused-ring (bicyclic) bond motifs is 2. The Bertz CT molecular complexity index is 1510. The van der Waals surface area contributed by atoms with E-state index >= 15 is 0 Å². The van der Waals surface area contributed by atoms with Gasteiger partial charge in [-0.1, -0.05) is 45.4 Å². The molecule has 4 aromatic rings. The first-order valence-corrected chi connectivity index (χ1v) is 10.6. The number of nitrogens with one attached hydrogen (secondary N) is 2. The number of aliphatic imine (C=N–C) groups is 1. The number of anilines is 1. The van der Waals surface area contributed by atoms with Crippen LogP contribution >= 0.6 is 15.9 Å². The van der Waals surface area contributed by atoms with Crippen molar-refractivity contribution in [3.8, 4) is 11.9 Å². The predicted octanol–water partition coefficient (Wildman–Crippen LogP) is 5.59. The van der Waals surface area contributed by atoms with Gasteiger partial charge in [-0.3, -0.25) is 10.2 Å². The van der Waals surface area contributed by atoms with E-state index in [1.54, 1.807) is 24.3 Å². The Morgan fingerprint density at radius 3 is 2.73 bits per heavy atom. The molecule has 0 unspecified atom stereocenters. The quantitative estimate of drug-likeness (QED) is 0.251. The van der Waals surface area contributed by atoms with Crippen molar-refractivity contribution >= 4 is 55.7 Å². The number of nitriles is 1. The number of nitrogens with zero attached hydrogens (tertiary/aromatic N) is 3. The lowest BCUT2D eigenvalue weighted by Gasteiger charge is -2.06. The van der Waals surface area contributed by atoms with Crippen LogP contribution in [0.5, 0.6) is 5.88 Å². The molecule has 0 saturated carbocycles. The fourth-order valence-corrected chi connectivity index (χ4v) is 3.95. The maximum Gasteiger partial charge on any atom is 0.437 e. The van der Waals surface area contributed by atoms with E-state index < -0.39 is 6.09 Å². The molecule has 160 valence electrons. The van der Waals surface area contributed by atoms with Crippen molar-refractivity contribution in [3.05, 3.63) is 87.9 Å². The van der Waals surface area contributed by atoms with Gasteiger partial charge >= 0.3 is 6.09 Å². The molecule has 2 heterocycles. The van der Waals surface area contributed by atoms with Crippen molar-refractivity contribution in [1.29, 1.82) is 5.26 Å². The summed E-state index contributed by atoms with van der Waals surface area (Å²) < 4.78 is 0.858. The maximum atomic E-state index is 12.3. The molecule has 33 heavy (non-hydrogen) atoms. The van der Waals surface area contributed by atoms with Crippen molar-refractivity contribution < 1.29 is 14.7 Å². The minimum Gasteiger partial charge on any atom is -0.494 e. The van der Waals surface area contributed by atoms with Gasteiger partial charge < -0.3 is 10.1 Å². The monoisotopic (exact) mass is 499 g/mol. The number of carbonyl (C=O) groups is 1. The highest BCUT2D eigenvalue weighted by Gasteiger charge is 2.29. The first-order chi connectivity index (χ1) is 16.0. The number of halogens is 1. The van der Waals surface area contributed by atoms with E-state index in [1.807, 2.05) is 48.5 Å².